The number of benzene rings is 1. The highest BCUT2D eigenvalue weighted by Gasteiger charge is 2.26. The highest BCUT2D eigenvalue weighted by atomic mass is 16.3. The molecule has 1 heterocycles. The molecule has 0 saturated heterocycles. The van der Waals surface area contributed by atoms with Gasteiger partial charge in [-0.25, -0.2) is 4.98 Å². The number of rotatable bonds is 4. The fourth-order valence-corrected chi connectivity index (χ4v) is 1.90. The predicted octanol–water partition coefficient (Wildman–Crippen LogP) is 2.45. The number of fused-ring (bicyclic) bond motifs is 1. The number of nitrogens with two attached hydrogens (primary N) is 1. The van der Waals surface area contributed by atoms with Crippen molar-refractivity contribution in [2.24, 2.45) is 11.1 Å². The number of oxazole rings is 1. The first kappa shape index (κ1) is 13.5. The molecule has 5 heteroatoms. The van der Waals surface area contributed by atoms with Crippen molar-refractivity contribution in [3.63, 3.8) is 0 Å². The van der Waals surface area contributed by atoms with Gasteiger partial charge in [-0.05, 0) is 31.2 Å². The van der Waals surface area contributed by atoms with Crippen molar-refractivity contribution in [1.29, 1.82) is 0 Å². The molecular formula is C14H19N3O2. The second-order valence-electron chi connectivity index (χ2n) is 5.29. The second-order valence-corrected chi connectivity index (χ2v) is 5.29. The summed E-state index contributed by atoms with van der Waals surface area (Å²) < 4.78 is 5.39. The van der Waals surface area contributed by atoms with Crippen LogP contribution in [0.1, 0.15) is 26.2 Å². The lowest BCUT2D eigenvalue weighted by atomic mass is 9.88. The molecule has 2 aromatic rings. The number of hydrogen-bond donors (Lipinski definition) is 2. The fourth-order valence-electron chi connectivity index (χ4n) is 1.90. The third-order valence-corrected chi connectivity index (χ3v) is 3.14. The number of amides is 1. The molecule has 0 aliphatic heterocycles. The average molecular weight is 261 g/mol. The third kappa shape index (κ3) is 2.93. The van der Waals surface area contributed by atoms with E-state index in [1.807, 2.05) is 26.0 Å². The Morgan fingerprint density at radius 1 is 1.47 bits per heavy atom. The fraction of sp³-hybridized carbons (Fsp3) is 0.429. The van der Waals surface area contributed by atoms with E-state index >= 15 is 0 Å². The van der Waals surface area contributed by atoms with Crippen LogP contribution >= 0.6 is 0 Å². The molecule has 5 nitrogen and oxygen atoms in total. The Hall–Kier alpha value is -1.88. The van der Waals surface area contributed by atoms with Crippen molar-refractivity contribution in [3.05, 3.63) is 24.1 Å². The normalized spacial score (nSPS) is 11.8. The maximum atomic E-state index is 12.2. The van der Waals surface area contributed by atoms with Crippen LogP contribution < -0.4 is 11.1 Å². The molecule has 1 amide bonds. The monoisotopic (exact) mass is 261 g/mol. The summed E-state index contributed by atoms with van der Waals surface area (Å²) in [5.74, 6) is 0.569. The van der Waals surface area contributed by atoms with Gasteiger partial charge in [0.1, 0.15) is 5.52 Å². The van der Waals surface area contributed by atoms with Crippen LogP contribution in [0.4, 0.5) is 5.69 Å². The van der Waals surface area contributed by atoms with Gasteiger partial charge in [-0.3, -0.25) is 4.79 Å². The molecule has 1 aromatic carbocycles. The summed E-state index contributed by atoms with van der Waals surface area (Å²) in [4.78, 5) is 16.4. The van der Waals surface area contributed by atoms with Gasteiger partial charge in [0, 0.05) is 18.0 Å². The number of carbonyl (C=O) groups excluding carboxylic acids is 1. The number of nitrogens with zero attached hydrogens (tertiary/aromatic N) is 1. The predicted molar refractivity (Wildman–Crippen MR) is 74.8 cm³/mol. The Kier molecular flexibility index (Phi) is 3.57. The second kappa shape index (κ2) is 5.01. The van der Waals surface area contributed by atoms with E-state index in [4.69, 9.17) is 10.2 Å². The average Bonchev–Trinajstić information content (AvgIpc) is 2.68. The van der Waals surface area contributed by atoms with Crippen LogP contribution in [0, 0.1) is 12.3 Å². The number of carbonyl (C=O) groups is 1. The van der Waals surface area contributed by atoms with Crippen LogP contribution in [0.3, 0.4) is 0 Å². The van der Waals surface area contributed by atoms with E-state index in [0.29, 0.717) is 18.9 Å². The van der Waals surface area contributed by atoms with Crippen molar-refractivity contribution >= 4 is 22.7 Å². The Balaban J connectivity index is 2.19. The van der Waals surface area contributed by atoms with Gasteiger partial charge in [0.2, 0.25) is 5.91 Å². The zero-order valence-corrected chi connectivity index (χ0v) is 11.5. The summed E-state index contributed by atoms with van der Waals surface area (Å²) in [5.41, 5.74) is 7.22. The van der Waals surface area contributed by atoms with E-state index < -0.39 is 5.41 Å². The van der Waals surface area contributed by atoms with Gasteiger partial charge in [0.05, 0.1) is 0 Å². The summed E-state index contributed by atoms with van der Waals surface area (Å²) in [7, 11) is 0. The van der Waals surface area contributed by atoms with E-state index in [-0.39, 0.29) is 5.91 Å². The van der Waals surface area contributed by atoms with Crippen LogP contribution in [-0.2, 0) is 4.79 Å². The van der Waals surface area contributed by atoms with E-state index in [9.17, 15) is 4.79 Å². The molecule has 3 N–H and O–H groups in total. The molecule has 0 aliphatic carbocycles. The molecule has 0 spiro atoms. The van der Waals surface area contributed by atoms with Gasteiger partial charge in [-0.15, -0.1) is 0 Å². The van der Waals surface area contributed by atoms with Crippen molar-refractivity contribution < 1.29 is 9.21 Å². The van der Waals surface area contributed by atoms with Crippen LogP contribution in [0.5, 0.6) is 0 Å². The first-order valence-corrected chi connectivity index (χ1v) is 6.31. The molecule has 0 atom stereocenters. The maximum absolute atomic E-state index is 12.2. The van der Waals surface area contributed by atoms with Gasteiger partial charge in [-0.2, -0.15) is 0 Å². The molecule has 0 unspecified atom stereocenters. The largest absolute Gasteiger partial charge is 0.441 e. The Bertz CT molecular complexity index is 602. The topological polar surface area (TPSA) is 81.2 Å². The van der Waals surface area contributed by atoms with Crippen LogP contribution in [0.2, 0.25) is 0 Å². The number of aromatic nitrogens is 1. The number of anilines is 1. The van der Waals surface area contributed by atoms with Gasteiger partial charge in [-0.1, -0.05) is 13.8 Å². The van der Waals surface area contributed by atoms with Crippen molar-refractivity contribution in [1.82, 2.24) is 4.98 Å². The molecule has 0 bridgehead atoms. The smallest absolute Gasteiger partial charge is 0.230 e. The third-order valence-electron chi connectivity index (χ3n) is 3.14. The SMILES string of the molecule is Cc1nc2cc(NC(=O)C(C)(C)CCN)ccc2o1. The van der Waals surface area contributed by atoms with Gasteiger partial charge in [0.25, 0.3) is 0 Å². The number of nitrogens with one attached hydrogen (secondary N) is 1. The Morgan fingerprint density at radius 2 is 2.21 bits per heavy atom. The number of aryl methyl sites for hydroxylation is 1. The summed E-state index contributed by atoms with van der Waals surface area (Å²) in [6.45, 7) is 6.05. The summed E-state index contributed by atoms with van der Waals surface area (Å²) in [5, 5.41) is 2.89. The van der Waals surface area contributed by atoms with E-state index in [1.165, 1.54) is 0 Å². The molecule has 0 fully saturated rings. The summed E-state index contributed by atoms with van der Waals surface area (Å²) in [6.07, 6.45) is 0.643. The number of hydrogen-bond acceptors (Lipinski definition) is 4. The highest BCUT2D eigenvalue weighted by molar-refractivity contribution is 5.96. The quantitative estimate of drug-likeness (QED) is 0.885. The molecule has 19 heavy (non-hydrogen) atoms. The van der Waals surface area contributed by atoms with Crippen LogP contribution in [0.15, 0.2) is 22.6 Å². The molecule has 0 aliphatic rings. The molecule has 0 saturated carbocycles. The minimum atomic E-state index is -0.483. The van der Waals surface area contributed by atoms with E-state index in [1.54, 1.807) is 13.0 Å². The van der Waals surface area contributed by atoms with Crippen molar-refractivity contribution in [2.45, 2.75) is 27.2 Å². The Morgan fingerprint density at radius 3 is 2.89 bits per heavy atom. The van der Waals surface area contributed by atoms with Gasteiger partial charge in [0.15, 0.2) is 11.5 Å². The molecule has 0 radical (unpaired) electrons. The molecular weight excluding hydrogens is 242 g/mol. The minimum Gasteiger partial charge on any atom is -0.441 e. The summed E-state index contributed by atoms with van der Waals surface area (Å²) in [6, 6.07) is 5.42. The minimum absolute atomic E-state index is 0.0440. The Labute approximate surface area is 112 Å². The zero-order chi connectivity index (χ0) is 14.0. The lowest BCUT2D eigenvalue weighted by Crippen LogP contribution is -2.32. The molecule has 2 rings (SSSR count). The lowest BCUT2D eigenvalue weighted by Gasteiger charge is -2.22. The first-order valence-electron chi connectivity index (χ1n) is 6.31. The molecule has 102 valence electrons. The lowest BCUT2D eigenvalue weighted by molar-refractivity contribution is -0.124. The first-order chi connectivity index (χ1) is 8.92. The maximum Gasteiger partial charge on any atom is 0.230 e. The van der Waals surface area contributed by atoms with Crippen LogP contribution in [0.25, 0.3) is 11.1 Å². The van der Waals surface area contributed by atoms with E-state index in [2.05, 4.69) is 10.3 Å². The van der Waals surface area contributed by atoms with Crippen molar-refractivity contribution in [3.8, 4) is 0 Å². The summed E-state index contributed by atoms with van der Waals surface area (Å²) >= 11 is 0. The van der Waals surface area contributed by atoms with Crippen LogP contribution in [-0.4, -0.2) is 17.4 Å². The standard InChI is InChI=1S/C14H19N3O2/c1-9-16-11-8-10(4-5-12(11)19-9)17-13(18)14(2,3)6-7-15/h4-5,8H,6-7,15H2,1-3H3,(H,17,18). The highest BCUT2D eigenvalue weighted by Crippen LogP contribution is 2.24. The zero-order valence-electron chi connectivity index (χ0n) is 11.5. The molecule has 1 aromatic heterocycles. The van der Waals surface area contributed by atoms with E-state index in [0.717, 1.165) is 16.8 Å². The van der Waals surface area contributed by atoms with Crippen molar-refractivity contribution in [2.75, 3.05) is 11.9 Å². The van der Waals surface area contributed by atoms with Gasteiger partial charge < -0.3 is 15.5 Å². The van der Waals surface area contributed by atoms with Gasteiger partial charge >= 0.3 is 0 Å².